The summed E-state index contributed by atoms with van der Waals surface area (Å²) in [6.07, 6.45) is 0.290. The highest BCUT2D eigenvalue weighted by atomic mass is 16.6. The van der Waals surface area contributed by atoms with Crippen LogP contribution < -0.4 is 15.2 Å². The molecule has 8 nitrogen and oxygen atoms in total. The van der Waals surface area contributed by atoms with Gasteiger partial charge in [-0.3, -0.25) is 4.79 Å². The number of ether oxygens (including phenoxy) is 6. The van der Waals surface area contributed by atoms with E-state index in [0.717, 1.165) is 0 Å². The maximum absolute atomic E-state index is 12.1. The minimum absolute atomic E-state index is 0.0277. The summed E-state index contributed by atoms with van der Waals surface area (Å²) in [7, 11) is 0. The quantitative estimate of drug-likeness (QED) is 0.774. The fraction of sp³-hybridized carbons (Fsp3) is 0.632. The summed E-state index contributed by atoms with van der Waals surface area (Å²) in [5.74, 6) is 1.03. The van der Waals surface area contributed by atoms with Gasteiger partial charge in [0.1, 0.15) is 13.2 Å². The maximum atomic E-state index is 12.1. The summed E-state index contributed by atoms with van der Waals surface area (Å²) in [5.41, 5.74) is 6.02. The molecule has 0 unspecified atom stereocenters. The predicted molar refractivity (Wildman–Crippen MR) is 98.7 cm³/mol. The Hall–Kier alpha value is -1.71. The highest BCUT2D eigenvalue weighted by Gasteiger charge is 2.12. The van der Waals surface area contributed by atoms with Crippen LogP contribution in [0.3, 0.4) is 0 Å². The summed E-state index contributed by atoms with van der Waals surface area (Å²) in [6.45, 7) is 4.87. The second-order valence-corrected chi connectivity index (χ2v) is 5.77. The van der Waals surface area contributed by atoms with E-state index in [2.05, 4.69) is 0 Å². The largest absolute Gasteiger partial charge is 0.487 e. The van der Waals surface area contributed by atoms with E-state index in [1.54, 1.807) is 18.2 Å². The Balaban J connectivity index is 1.96. The number of nitrogens with two attached hydrogens (primary N) is 1. The molecule has 1 aliphatic rings. The molecule has 1 heterocycles. The Morgan fingerprint density at radius 2 is 1.22 bits per heavy atom. The standard InChI is InChI=1S/C19H29NO7/c20-4-3-17(21)16-1-2-18-19(15-16)27-14-12-25-10-8-23-6-5-22-7-9-24-11-13-26-18/h1-2,15H,3-14,20H2. The van der Waals surface area contributed by atoms with Gasteiger partial charge in [0, 0.05) is 12.0 Å². The van der Waals surface area contributed by atoms with E-state index in [0.29, 0.717) is 96.1 Å². The maximum Gasteiger partial charge on any atom is 0.164 e. The average molecular weight is 383 g/mol. The first-order valence-corrected chi connectivity index (χ1v) is 9.25. The van der Waals surface area contributed by atoms with Crippen molar-refractivity contribution in [2.45, 2.75) is 6.42 Å². The van der Waals surface area contributed by atoms with E-state index in [4.69, 9.17) is 34.2 Å². The van der Waals surface area contributed by atoms with Crippen molar-refractivity contribution in [2.75, 3.05) is 72.6 Å². The average Bonchev–Trinajstić information content (AvgIpc) is 2.68. The van der Waals surface area contributed by atoms with Crippen LogP contribution in [0.5, 0.6) is 11.5 Å². The zero-order valence-corrected chi connectivity index (χ0v) is 15.7. The minimum atomic E-state index is -0.0277. The van der Waals surface area contributed by atoms with Gasteiger partial charge in [0.25, 0.3) is 0 Å². The lowest BCUT2D eigenvalue weighted by atomic mass is 10.1. The van der Waals surface area contributed by atoms with Gasteiger partial charge in [-0.1, -0.05) is 0 Å². The van der Waals surface area contributed by atoms with E-state index in [-0.39, 0.29) is 5.78 Å². The van der Waals surface area contributed by atoms with E-state index in [1.807, 2.05) is 0 Å². The Labute approximate surface area is 159 Å². The molecule has 0 bridgehead atoms. The number of benzene rings is 1. The van der Waals surface area contributed by atoms with Crippen LogP contribution in [0.15, 0.2) is 18.2 Å². The monoisotopic (exact) mass is 383 g/mol. The molecule has 0 aromatic heterocycles. The number of Topliss-reactive ketones (excluding diaryl/α,β-unsaturated/α-hetero) is 1. The molecule has 0 atom stereocenters. The Morgan fingerprint density at radius 1 is 0.741 bits per heavy atom. The van der Waals surface area contributed by atoms with Crippen LogP contribution in [0, 0.1) is 0 Å². The predicted octanol–water partition coefficient (Wildman–Crippen LogP) is 1.06. The van der Waals surface area contributed by atoms with Crippen molar-refractivity contribution in [3.8, 4) is 11.5 Å². The molecular weight excluding hydrogens is 354 g/mol. The van der Waals surface area contributed by atoms with Gasteiger partial charge >= 0.3 is 0 Å². The lowest BCUT2D eigenvalue weighted by molar-refractivity contribution is -0.00842. The number of ketones is 1. The van der Waals surface area contributed by atoms with Crippen molar-refractivity contribution in [1.29, 1.82) is 0 Å². The number of fused-ring (bicyclic) bond motifs is 1. The Kier molecular flexibility index (Phi) is 10.8. The second kappa shape index (κ2) is 13.5. The molecule has 8 heteroatoms. The molecule has 0 spiro atoms. The van der Waals surface area contributed by atoms with Gasteiger partial charge in [-0.05, 0) is 24.7 Å². The molecule has 0 radical (unpaired) electrons. The first-order chi connectivity index (χ1) is 13.3. The fourth-order valence-corrected chi connectivity index (χ4v) is 2.37. The van der Waals surface area contributed by atoms with Crippen LogP contribution in [0.2, 0.25) is 0 Å². The second-order valence-electron chi connectivity index (χ2n) is 5.77. The van der Waals surface area contributed by atoms with Crippen LogP contribution >= 0.6 is 0 Å². The minimum Gasteiger partial charge on any atom is -0.487 e. The Morgan fingerprint density at radius 3 is 1.74 bits per heavy atom. The van der Waals surface area contributed by atoms with Gasteiger partial charge in [0.05, 0.1) is 52.9 Å². The molecule has 27 heavy (non-hydrogen) atoms. The lowest BCUT2D eigenvalue weighted by Gasteiger charge is -2.15. The molecule has 0 amide bonds. The van der Waals surface area contributed by atoms with Gasteiger partial charge in [-0.15, -0.1) is 0 Å². The van der Waals surface area contributed by atoms with E-state index in [1.165, 1.54) is 0 Å². The number of rotatable bonds is 3. The smallest absolute Gasteiger partial charge is 0.164 e. The first-order valence-electron chi connectivity index (χ1n) is 9.25. The van der Waals surface area contributed by atoms with Crippen LogP contribution in [0.4, 0.5) is 0 Å². The van der Waals surface area contributed by atoms with Crippen molar-refractivity contribution in [3.05, 3.63) is 23.8 Å². The van der Waals surface area contributed by atoms with Gasteiger partial charge in [0.15, 0.2) is 17.3 Å². The summed E-state index contributed by atoms with van der Waals surface area (Å²) < 4.78 is 33.3. The van der Waals surface area contributed by atoms with Gasteiger partial charge < -0.3 is 34.2 Å². The van der Waals surface area contributed by atoms with E-state index < -0.39 is 0 Å². The van der Waals surface area contributed by atoms with Gasteiger partial charge in [-0.25, -0.2) is 0 Å². The SMILES string of the molecule is NCCC(=O)c1ccc2c(c1)OCCOCCOCCOCCOCCO2. The number of hydrogen-bond donors (Lipinski definition) is 1. The van der Waals surface area contributed by atoms with Crippen molar-refractivity contribution in [2.24, 2.45) is 5.73 Å². The molecule has 1 aromatic carbocycles. The molecule has 0 aliphatic carbocycles. The molecule has 1 aliphatic heterocycles. The third-order valence-corrected chi connectivity index (χ3v) is 3.72. The van der Waals surface area contributed by atoms with Crippen molar-refractivity contribution >= 4 is 5.78 Å². The Bertz CT molecular complexity index is 553. The highest BCUT2D eigenvalue weighted by Crippen LogP contribution is 2.29. The van der Waals surface area contributed by atoms with Gasteiger partial charge in [0.2, 0.25) is 0 Å². The number of hydrogen-bond acceptors (Lipinski definition) is 8. The van der Waals surface area contributed by atoms with Gasteiger partial charge in [-0.2, -0.15) is 0 Å². The summed E-state index contributed by atoms with van der Waals surface area (Å²) in [4.78, 5) is 12.1. The van der Waals surface area contributed by atoms with Crippen molar-refractivity contribution in [3.63, 3.8) is 0 Å². The fourth-order valence-electron chi connectivity index (χ4n) is 2.37. The molecule has 0 fully saturated rings. The molecule has 0 saturated heterocycles. The number of carbonyl (C=O) groups excluding carboxylic acids is 1. The van der Waals surface area contributed by atoms with E-state index >= 15 is 0 Å². The zero-order chi connectivity index (χ0) is 19.2. The van der Waals surface area contributed by atoms with Crippen LogP contribution in [-0.4, -0.2) is 78.4 Å². The summed E-state index contributed by atoms with van der Waals surface area (Å²) in [6, 6.07) is 5.13. The lowest BCUT2D eigenvalue weighted by Crippen LogP contribution is -2.16. The third kappa shape index (κ3) is 8.68. The van der Waals surface area contributed by atoms with Crippen LogP contribution in [0.25, 0.3) is 0 Å². The van der Waals surface area contributed by atoms with Crippen LogP contribution in [-0.2, 0) is 18.9 Å². The molecule has 2 rings (SSSR count). The zero-order valence-electron chi connectivity index (χ0n) is 15.7. The van der Waals surface area contributed by atoms with E-state index in [9.17, 15) is 4.79 Å². The van der Waals surface area contributed by atoms with Crippen molar-refractivity contribution < 1.29 is 33.2 Å². The molecule has 1 aromatic rings. The summed E-state index contributed by atoms with van der Waals surface area (Å²) >= 11 is 0. The molecule has 152 valence electrons. The third-order valence-electron chi connectivity index (χ3n) is 3.72. The normalized spacial score (nSPS) is 18.3. The molecule has 2 N–H and O–H groups in total. The molecular formula is C19H29NO7. The van der Waals surface area contributed by atoms with Crippen molar-refractivity contribution in [1.82, 2.24) is 0 Å². The van der Waals surface area contributed by atoms with Crippen LogP contribution in [0.1, 0.15) is 16.8 Å². The first kappa shape index (κ1) is 21.6. The topological polar surface area (TPSA) is 98.5 Å². The summed E-state index contributed by atoms with van der Waals surface area (Å²) in [5, 5.41) is 0. The molecule has 0 saturated carbocycles. The number of carbonyl (C=O) groups is 1. The highest BCUT2D eigenvalue weighted by molar-refractivity contribution is 5.96.